The maximum absolute atomic E-state index is 14.6. The Hall–Kier alpha value is -4.07. The molecule has 0 saturated heterocycles. The van der Waals surface area contributed by atoms with Gasteiger partial charge in [-0.1, -0.05) is 80.1 Å². The van der Waals surface area contributed by atoms with Gasteiger partial charge in [0.1, 0.15) is 11.9 Å². The summed E-state index contributed by atoms with van der Waals surface area (Å²) < 4.78 is 14.6. The first-order chi connectivity index (χ1) is 17.4. The normalized spacial score (nSPS) is 11.5. The van der Waals surface area contributed by atoms with Gasteiger partial charge in [-0.15, -0.1) is 0 Å². The van der Waals surface area contributed by atoms with Gasteiger partial charge in [-0.3, -0.25) is 19.7 Å². The number of unbranched alkanes of at least 4 members (excludes halogenated alkanes) is 1. The number of amides is 2. The summed E-state index contributed by atoms with van der Waals surface area (Å²) in [6, 6.07) is 20.4. The van der Waals surface area contributed by atoms with E-state index in [0.717, 1.165) is 18.4 Å². The summed E-state index contributed by atoms with van der Waals surface area (Å²) in [5, 5.41) is 14.4. The highest BCUT2D eigenvalue weighted by molar-refractivity contribution is 5.89. The van der Waals surface area contributed by atoms with Gasteiger partial charge in [-0.05, 0) is 18.1 Å². The number of hydrogen-bond donors (Lipinski definition) is 1. The predicted molar refractivity (Wildman–Crippen MR) is 136 cm³/mol. The Morgan fingerprint density at radius 2 is 1.61 bits per heavy atom. The number of nitrogens with one attached hydrogen (secondary N) is 1. The van der Waals surface area contributed by atoms with Gasteiger partial charge in [0, 0.05) is 36.7 Å². The molecule has 2 amide bonds. The summed E-state index contributed by atoms with van der Waals surface area (Å²) in [5.74, 6) is -1.34. The van der Waals surface area contributed by atoms with Gasteiger partial charge in [0.25, 0.3) is 5.69 Å². The first kappa shape index (κ1) is 26.5. The van der Waals surface area contributed by atoms with Crippen LogP contribution in [0.5, 0.6) is 0 Å². The average Bonchev–Trinajstić information content (AvgIpc) is 2.88. The van der Waals surface area contributed by atoms with Crippen LogP contribution in [0.15, 0.2) is 78.9 Å². The van der Waals surface area contributed by atoms with Gasteiger partial charge in [0.2, 0.25) is 11.8 Å². The van der Waals surface area contributed by atoms with Gasteiger partial charge in [0.15, 0.2) is 0 Å². The van der Waals surface area contributed by atoms with Crippen LogP contribution in [0, 0.1) is 15.9 Å². The minimum absolute atomic E-state index is 0.148. The van der Waals surface area contributed by atoms with E-state index in [1.165, 1.54) is 29.2 Å². The Bertz CT molecular complexity index is 1190. The molecule has 0 bridgehead atoms. The summed E-state index contributed by atoms with van der Waals surface area (Å²) in [6.07, 6.45) is 1.59. The second-order valence-electron chi connectivity index (χ2n) is 8.53. The van der Waals surface area contributed by atoms with E-state index in [1.807, 2.05) is 37.3 Å². The second-order valence-corrected chi connectivity index (χ2v) is 8.53. The Balaban J connectivity index is 2.00. The second kappa shape index (κ2) is 13.1. The molecule has 1 N–H and O–H groups in total. The molecule has 0 unspecified atom stereocenters. The Morgan fingerprint density at radius 3 is 2.28 bits per heavy atom. The molecule has 3 rings (SSSR count). The third-order valence-corrected chi connectivity index (χ3v) is 5.93. The molecule has 0 heterocycles. The van der Waals surface area contributed by atoms with Crippen LogP contribution in [0.25, 0.3) is 0 Å². The van der Waals surface area contributed by atoms with Crippen molar-refractivity contribution in [3.63, 3.8) is 0 Å². The molecule has 1 atom stereocenters. The van der Waals surface area contributed by atoms with Gasteiger partial charge >= 0.3 is 0 Å². The third-order valence-electron chi connectivity index (χ3n) is 5.93. The van der Waals surface area contributed by atoms with E-state index in [2.05, 4.69) is 5.32 Å². The molecule has 0 spiro atoms. The minimum atomic E-state index is -0.931. The van der Waals surface area contributed by atoms with Crippen LogP contribution in [-0.2, 0) is 29.0 Å². The zero-order chi connectivity index (χ0) is 25.9. The lowest BCUT2D eigenvalue weighted by Gasteiger charge is -2.31. The van der Waals surface area contributed by atoms with E-state index in [9.17, 15) is 24.1 Å². The standard InChI is InChI=1S/C28H30FN3O4/c1-2-3-17-30-28(34)26(18-21-11-5-4-6-12-21)31(20-23-14-7-9-15-24(23)29)27(33)19-22-13-8-10-16-25(22)32(35)36/h4-16,26H,2-3,17-20H2,1H3,(H,30,34)/t26-/m1/s1. The highest BCUT2D eigenvalue weighted by Gasteiger charge is 2.31. The van der Waals surface area contributed by atoms with Gasteiger partial charge in [-0.2, -0.15) is 0 Å². The molecule has 7 nitrogen and oxygen atoms in total. The number of hydrogen-bond acceptors (Lipinski definition) is 4. The van der Waals surface area contributed by atoms with Crippen LogP contribution in [0.1, 0.15) is 36.5 Å². The molecule has 0 aromatic heterocycles. The number of nitrogens with zero attached hydrogens (tertiary/aromatic N) is 2. The smallest absolute Gasteiger partial charge is 0.273 e. The Labute approximate surface area is 210 Å². The third kappa shape index (κ3) is 7.21. The first-order valence-corrected chi connectivity index (χ1v) is 12.0. The topological polar surface area (TPSA) is 92.6 Å². The average molecular weight is 492 g/mol. The quantitative estimate of drug-likeness (QED) is 0.223. The van der Waals surface area contributed by atoms with Crippen molar-refractivity contribution >= 4 is 17.5 Å². The van der Waals surface area contributed by atoms with E-state index in [0.29, 0.717) is 6.54 Å². The minimum Gasteiger partial charge on any atom is -0.354 e. The molecule has 0 aliphatic rings. The summed E-state index contributed by atoms with van der Waals surface area (Å²) in [5.41, 5.74) is 1.15. The van der Waals surface area contributed by atoms with Crippen molar-refractivity contribution in [1.82, 2.24) is 10.2 Å². The largest absolute Gasteiger partial charge is 0.354 e. The summed E-state index contributed by atoms with van der Waals surface area (Å²) >= 11 is 0. The fraction of sp³-hybridized carbons (Fsp3) is 0.286. The Kier molecular flexibility index (Phi) is 9.68. The van der Waals surface area contributed by atoms with Crippen molar-refractivity contribution in [2.45, 2.75) is 45.2 Å². The molecule has 188 valence electrons. The van der Waals surface area contributed by atoms with Crippen LogP contribution in [-0.4, -0.2) is 34.2 Å². The first-order valence-electron chi connectivity index (χ1n) is 12.0. The monoisotopic (exact) mass is 491 g/mol. The number of para-hydroxylation sites is 1. The van der Waals surface area contributed by atoms with Crippen LogP contribution < -0.4 is 5.32 Å². The van der Waals surface area contributed by atoms with Crippen molar-refractivity contribution in [2.75, 3.05) is 6.54 Å². The van der Waals surface area contributed by atoms with Crippen molar-refractivity contribution in [1.29, 1.82) is 0 Å². The number of carbonyl (C=O) groups excluding carboxylic acids is 2. The molecular formula is C28H30FN3O4. The number of nitro benzene ring substituents is 1. The molecule has 0 saturated carbocycles. The highest BCUT2D eigenvalue weighted by atomic mass is 19.1. The fourth-order valence-corrected chi connectivity index (χ4v) is 3.97. The van der Waals surface area contributed by atoms with Crippen LogP contribution >= 0.6 is 0 Å². The molecule has 0 aliphatic heterocycles. The summed E-state index contributed by atoms with van der Waals surface area (Å²) in [7, 11) is 0. The molecule has 8 heteroatoms. The van der Waals surface area contributed by atoms with Crippen LogP contribution in [0.2, 0.25) is 0 Å². The summed E-state index contributed by atoms with van der Waals surface area (Å²) in [4.78, 5) is 39.3. The molecule has 0 aliphatic carbocycles. The molecule has 36 heavy (non-hydrogen) atoms. The van der Waals surface area contributed by atoms with E-state index < -0.39 is 22.7 Å². The van der Waals surface area contributed by atoms with Crippen molar-refractivity contribution in [3.8, 4) is 0 Å². The molecule has 3 aromatic rings. The van der Waals surface area contributed by atoms with E-state index in [-0.39, 0.29) is 42.1 Å². The zero-order valence-corrected chi connectivity index (χ0v) is 20.2. The van der Waals surface area contributed by atoms with Gasteiger partial charge < -0.3 is 10.2 Å². The van der Waals surface area contributed by atoms with Crippen molar-refractivity contribution in [2.24, 2.45) is 0 Å². The molecule has 0 fully saturated rings. The molecule has 3 aromatic carbocycles. The van der Waals surface area contributed by atoms with Crippen LogP contribution in [0.4, 0.5) is 10.1 Å². The maximum Gasteiger partial charge on any atom is 0.273 e. The number of halogens is 1. The predicted octanol–water partition coefficient (Wildman–Crippen LogP) is 4.83. The van der Waals surface area contributed by atoms with E-state index in [4.69, 9.17) is 0 Å². The lowest BCUT2D eigenvalue weighted by atomic mass is 10.0. The van der Waals surface area contributed by atoms with Crippen molar-refractivity contribution < 1.29 is 18.9 Å². The fourth-order valence-electron chi connectivity index (χ4n) is 3.97. The SMILES string of the molecule is CCCCNC(=O)[C@@H](Cc1ccccc1)N(Cc1ccccc1F)C(=O)Cc1ccccc1[N+](=O)[O-]. The zero-order valence-electron chi connectivity index (χ0n) is 20.2. The number of rotatable bonds is 12. The lowest BCUT2D eigenvalue weighted by molar-refractivity contribution is -0.385. The lowest BCUT2D eigenvalue weighted by Crippen LogP contribution is -2.51. The van der Waals surface area contributed by atoms with E-state index >= 15 is 0 Å². The number of carbonyl (C=O) groups is 2. The highest BCUT2D eigenvalue weighted by Crippen LogP contribution is 2.22. The maximum atomic E-state index is 14.6. The van der Waals surface area contributed by atoms with Gasteiger partial charge in [0.05, 0.1) is 11.3 Å². The van der Waals surface area contributed by atoms with Gasteiger partial charge in [-0.25, -0.2) is 4.39 Å². The molecular weight excluding hydrogens is 461 g/mol. The van der Waals surface area contributed by atoms with Crippen LogP contribution in [0.3, 0.4) is 0 Å². The van der Waals surface area contributed by atoms with E-state index in [1.54, 1.807) is 24.3 Å². The summed E-state index contributed by atoms with van der Waals surface area (Å²) in [6.45, 7) is 2.31. The molecule has 0 radical (unpaired) electrons. The number of benzene rings is 3. The Morgan fingerprint density at radius 1 is 0.972 bits per heavy atom. The van der Waals surface area contributed by atoms with Crippen molar-refractivity contribution in [3.05, 3.63) is 111 Å². The number of nitro groups is 1.